The Morgan fingerprint density at radius 1 is 1.07 bits per heavy atom. The first-order valence-electron chi connectivity index (χ1n) is 9.42. The Balaban J connectivity index is 1.95. The number of esters is 1. The number of anilines is 2. The van der Waals surface area contributed by atoms with Gasteiger partial charge in [0.15, 0.2) is 0 Å². The van der Waals surface area contributed by atoms with E-state index in [0.29, 0.717) is 18.0 Å². The molecule has 2 aromatic rings. The molecule has 30 heavy (non-hydrogen) atoms. The highest BCUT2D eigenvalue weighted by molar-refractivity contribution is 6.53. The Labute approximate surface area is 179 Å². The smallest absolute Gasteiger partial charge is 0.340 e. The first-order chi connectivity index (χ1) is 14.3. The third-order valence-corrected chi connectivity index (χ3v) is 4.53. The van der Waals surface area contributed by atoms with Crippen LogP contribution in [-0.2, 0) is 14.3 Å². The molecular weight excluding hydrogens is 408 g/mol. The van der Waals surface area contributed by atoms with Crippen LogP contribution in [0, 0.1) is 0 Å². The zero-order valence-electron chi connectivity index (χ0n) is 16.8. The molecule has 0 spiro atoms. The molecule has 156 valence electrons. The van der Waals surface area contributed by atoms with Crippen molar-refractivity contribution in [2.45, 2.75) is 26.9 Å². The molecule has 7 nitrogen and oxygen atoms in total. The monoisotopic (exact) mass is 428 g/mol. The van der Waals surface area contributed by atoms with Crippen molar-refractivity contribution in [3.8, 4) is 5.75 Å². The van der Waals surface area contributed by atoms with Crippen molar-refractivity contribution < 1.29 is 23.9 Å². The number of rotatable bonds is 7. The topological polar surface area (TPSA) is 84.9 Å². The van der Waals surface area contributed by atoms with Gasteiger partial charge in [0, 0.05) is 0 Å². The van der Waals surface area contributed by atoms with Gasteiger partial charge in [-0.25, -0.2) is 9.69 Å². The second-order valence-electron chi connectivity index (χ2n) is 6.66. The molecule has 1 aliphatic rings. The Morgan fingerprint density at radius 3 is 2.43 bits per heavy atom. The number of nitrogens with zero attached hydrogens (tertiary/aromatic N) is 1. The summed E-state index contributed by atoms with van der Waals surface area (Å²) in [5.41, 5.74) is 0.586. The number of halogens is 1. The highest BCUT2D eigenvalue weighted by atomic mass is 35.5. The molecule has 0 atom stereocenters. The molecule has 2 amide bonds. The highest BCUT2D eigenvalue weighted by Gasteiger charge is 2.40. The van der Waals surface area contributed by atoms with Gasteiger partial charge in [0.05, 0.1) is 29.6 Å². The van der Waals surface area contributed by atoms with Crippen molar-refractivity contribution in [3.05, 3.63) is 64.8 Å². The number of para-hydroxylation sites is 3. The van der Waals surface area contributed by atoms with Crippen LogP contribution in [0.2, 0.25) is 0 Å². The molecule has 0 aromatic heterocycles. The van der Waals surface area contributed by atoms with Crippen LogP contribution in [0.15, 0.2) is 59.3 Å². The Morgan fingerprint density at radius 2 is 1.73 bits per heavy atom. The third kappa shape index (κ3) is 4.16. The van der Waals surface area contributed by atoms with E-state index in [4.69, 9.17) is 21.1 Å². The summed E-state index contributed by atoms with van der Waals surface area (Å²) in [5, 5.41) is 2.62. The van der Waals surface area contributed by atoms with Crippen molar-refractivity contribution in [2.75, 3.05) is 16.8 Å². The van der Waals surface area contributed by atoms with E-state index >= 15 is 0 Å². The van der Waals surface area contributed by atoms with Gasteiger partial charge in [-0.3, -0.25) is 9.59 Å². The van der Waals surface area contributed by atoms with Crippen LogP contribution < -0.4 is 15.0 Å². The maximum Gasteiger partial charge on any atom is 0.340 e. The molecule has 0 fully saturated rings. The van der Waals surface area contributed by atoms with Crippen LogP contribution in [0.25, 0.3) is 0 Å². The Kier molecular flexibility index (Phi) is 6.42. The van der Waals surface area contributed by atoms with Crippen LogP contribution in [0.4, 0.5) is 11.4 Å². The summed E-state index contributed by atoms with van der Waals surface area (Å²) >= 11 is 6.21. The van der Waals surface area contributed by atoms with E-state index in [1.807, 2.05) is 6.92 Å². The second-order valence-corrected chi connectivity index (χ2v) is 7.04. The third-order valence-electron chi connectivity index (χ3n) is 4.18. The molecule has 1 aliphatic heterocycles. The molecule has 1 heterocycles. The summed E-state index contributed by atoms with van der Waals surface area (Å²) in [6.07, 6.45) is -0.357. The fourth-order valence-electron chi connectivity index (χ4n) is 2.93. The maximum absolute atomic E-state index is 13.1. The molecule has 0 saturated heterocycles. The number of ether oxygens (including phenoxy) is 2. The average molecular weight is 429 g/mol. The van der Waals surface area contributed by atoms with Gasteiger partial charge in [0.25, 0.3) is 11.8 Å². The van der Waals surface area contributed by atoms with E-state index in [9.17, 15) is 14.4 Å². The minimum absolute atomic E-state index is 0.0910. The SMILES string of the molecule is CCOc1ccccc1NC1=C(Cl)C(=O)N(c2ccccc2C(=O)OC(C)C)C1=O. The van der Waals surface area contributed by atoms with Gasteiger partial charge in [-0.15, -0.1) is 0 Å². The van der Waals surface area contributed by atoms with Crippen molar-refractivity contribution in [1.29, 1.82) is 0 Å². The van der Waals surface area contributed by atoms with E-state index in [1.165, 1.54) is 12.1 Å². The summed E-state index contributed by atoms with van der Waals surface area (Å²) < 4.78 is 10.8. The summed E-state index contributed by atoms with van der Waals surface area (Å²) in [5.74, 6) is -1.54. The van der Waals surface area contributed by atoms with Crippen molar-refractivity contribution in [2.24, 2.45) is 0 Å². The predicted molar refractivity (Wildman–Crippen MR) is 114 cm³/mol. The van der Waals surface area contributed by atoms with Gasteiger partial charge >= 0.3 is 5.97 Å². The molecule has 0 aliphatic carbocycles. The lowest BCUT2D eigenvalue weighted by atomic mass is 10.1. The number of amides is 2. The summed E-state index contributed by atoms with van der Waals surface area (Å²) in [6, 6.07) is 13.2. The maximum atomic E-state index is 13.1. The first kappa shape index (κ1) is 21.4. The molecule has 1 N–H and O–H groups in total. The van der Waals surface area contributed by atoms with Crippen LogP contribution in [-0.4, -0.2) is 30.5 Å². The minimum Gasteiger partial charge on any atom is -0.492 e. The second kappa shape index (κ2) is 9.00. The normalized spacial score (nSPS) is 13.8. The van der Waals surface area contributed by atoms with E-state index in [2.05, 4.69) is 5.32 Å². The molecule has 8 heteroatoms. The molecule has 2 aromatic carbocycles. The molecule has 0 saturated carbocycles. The largest absolute Gasteiger partial charge is 0.492 e. The Hall–Kier alpha value is -3.32. The predicted octanol–water partition coefficient (Wildman–Crippen LogP) is 4.09. The molecule has 0 unspecified atom stereocenters. The highest BCUT2D eigenvalue weighted by Crippen LogP contribution is 2.34. The van der Waals surface area contributed by atoms with Gasteiger partial charge in [-0.2, -0.15) is 0 Å². The summed E-state index contributed by atoms with van der Waals surface area (Å²) in [4.78, 5) is 39.3. The quantitative estimate of drug-likeness (QED) is 0.528. The number of imide groups is 1. The number of carbonyl (C=O) groups excluding carboxylic acids is 3. The van der Waals surface area contributed by atoms with Gasteiger partial charge in [-0.05, 0) is 45.0 Å². The van der Waals surface area contributed by atoms with E-state index in [1.54, 1.807) is 50.2 Å². The van der Waals surface area contributed by atoms with Gasteiger partial charge < -0.3 is 14.8 Å². The summed E-state index contributed by atoms with van der Waals surface area (Å²) in [7, 11) is 0. The van der Waals surface area contributed by atoms with E-state index in [-0.39, 0.29) is 28.1 Å². The Bertz CT molecular complexity index is 1030. The van der Waals surface area contributed by atoms with Crippen molar-refractivity contribution >= 4 is 40.8 Å². The number of benzene rings is 2. The first-order valence-corrected chi connectivity index (χ1v) is 9.80. The van der Waals surface area contributed by atoms with Crippen LogP contribution in [0.1, 0.15) is 31.1 Å². The zero-order chi connectivity index (χ0) is 21.8. The lowest BCUT2D eigenvalue weighted by molar-refractivity contribution is -0.120. The lowest BCUT2D eigenvalue weighted by Crippen LogP contribution is -2.34. The summed E-state index contributed by atoms with van der Waals surface area (Å²) in [6.45, 7) is 5.68. The van der Waals surface area contributed by atoms with Gasteiger partial charge in [0.1, 0.15) is 16.5 Å². The lowest BCUT2D eigenvalue weighted by Gasteiger charge is -2.19. The molecular formula is C22H21ClN2O5. The average Bonchev–Trinajstić information content (AvgIpc) is 2.92. The molecule has 0 bridgehead atoms. The van der Waals surface area contributed by atoms with E-state index < -0.39 is 17.8 Å². The zero-order valence-corrected chi connectivity index (χ0v) is 17.5. The molecule has 0 radical (unpaired) electrons. The fraction of sp³-hybridized carbons (Fsp3) is 0.227. The van der Waals surface area contributed by atoms with Crippen molar-refractivity contribution in [3.63, 3.8) is 0 Å². The van der Waals surface area contributed by atoms with Crippen molar-refractivity contribution in [1.82, 2.24) is 0 Å². The number of carbonyl (C=O) groups is 3. The number of hydrogen-bond acceptors (Lipinski definition) is 6. The van der Waals surface area contributed by atoms with E-state index in [0.717, 1.165) is 4.90 Å². The van der Waals surface area contributed by atoms with Crippen LogP contribution in [0.5, 0.6) is 5.75 Å². The van der Waals surface area contributed by atoms with Gasteiger partial charge in [-0.1, -0.05) is 35.9 Å². The number of nitrogens with one attached hydrogen (secondary N) is 1. The number of hydrogen-bond donors (Lipinski definition) is 1. The molecule has 3 rings (SSSR count). The van der Waals surface area contributed by atoms with Crippen LogP contribution in [0.3, 0.4) is 0 Å². The van der Waals surface area contributed by atoms with Crippen LogP contribution >= 0.6 is 11.6 Å². The minimum atomic E-state index is -0.733. The standard InChI is InChI=1S/C22H21ClN2O5/c1-4-29-17-12-8-6-10-15(17)24-19-18(23)20(26)25(21(19)27)16-11-7-5-9-14(16)22(28)30-13(2)3/h5-13,24H,4H2,1-3H3. The van der Waals surface area contributed by atoms with Gasteiger partial charge in [0.2, 0.25) is 0 Å². The fourth-order valence-corrected chi connectivity index (χ4v) is 3.15.